The molecular weight excluding hydrogens is 407 g/mol. The molecule has 4 rings (SSSR count). The van der Waals surface area contributed by atoms with Gasteiger partial charge in [0, 0.05) is 32.2 Å². The zero-order valence-electron chi connectivity index (χ0n) is 18.8. The first-order valence-corrected chi connectivity index (χ1v) is 11.5. The first-order chi connectivity index (χ1) is 15.7. The maximum Gasteiger partial charge on any atom is 0.191 e. The number of likely N-dealkylation sites (tertiary alicyclic amines) is 1. The molecule has 2 heterocycles. The topological polar surface area (TPSA) is 58.1 Å². The highest BCUT2D eigenvalue weighted by Crippen LogP contribution is 2.29. The van der Waals surface area contributed by atoms with Gasteiger partial charge < -0.3 is 20.1 Å². The minimum atomic E-state index is -0.265. The monoisotopic (exact) mass is 440 g/mol. The quantitative estimate of drug-likeness (QED) is 0.509. The molecule has 2 aliphatic rings. The van der Waals surface area contributed by atoms with E-state index in [1.807, 2.05) is 0 Å². The molecule has 0 unspecified atom stereocenters. The van der Waals surface area contributed by atoms with Gasteiger partial charge in [0.05, 0.1) is 6.61 Å². The molecule has 2 aliphatic heterocycles. The molecule has 0 atom stereocenters. The van der Waals surface area contributed by atoms with E-state index in [4.69, 9.17) is 9.47 Å². The van der Waals surface area contributed by atoms with Crippen molar-refractivity contribution in [3.05, 3.63) is 64.5 Å². The third-order valence-electron chi connectivity index (χ3n) is 6.00. The van der Waals surface area contributed by atoms with Crippen molar-refractivity contribution in [2.75, 3.05) is 33.5 Å². The first-order valence-electron chi connectivity index (χ1n) is 11.5. The maximum atomic E-state index is 13.9. The van der Waals surface area contributed by atoms with Crippen LogP contribution in [-0.4, -0.2) is 44.3 Å². The van der Waals surface area contributed by atoms with Crippen molar-refractivity contribution < 1.29 is 13.9 Å². The maximum absolute atomic E-state index is 13.9. The van der Waals surface area contributed by atoms with E-state index in [0.29, 0.717) is 26.1 Å². The van der Waals surface area contributed by atoms with Crippen LogP contribution >= 0.6 is 0 Å². The van der Waals surface area contributed by atoms with Gasteiger partial charge >= 0.3 is 0 Å². The normalized spacial score (nSPS) is 16.9. The molecule has 6 nitrogen and oxygen atoms in total. The molecule has 1 saturated heterocycles. The van der Waals surface area contributed by atoms with Crippen molar-refractivity contribution in [2.45, 2.75) is 45.4 Å². The van der Waals surface area contributed by atoms with E-state index in [9.17, 15) is 4.39 Å². The number of guanidine groups is 1. The SMILES string of the molecule is CN=C(NCCc1cc(F)cc2c1OCOC2)NCc1ccc(CN2CCCCC2)cc1. The molecule has 0 saturated carbocycles. The van der Waals surface area contributed by atoms with Crippen molar-refractivity contribution in [3.63, 3.8) is 0 Å². The van der Waals surface area contributed by atoms with E-state index < -0.39 is 0 Å². The summed E-state index contributed by atoms with van der Waals surface area (Å²) in [5.74, 6) is 1.20. The summed E-state index contributed by atoms with van der Waals surface area (Å²) in [7, 11) is 1.75. The fourth-order valence-electron chi connectivity index (χ4n) is 4.30. The van der Waals surface area contributed by atoms with Gasteiger partial charge in [0.2, 0.25) is 0 Å². The second kappa shape index (κ2) is 11.3. The Balaban J connectivity index is 1.23. The molecule has 2 aromatic carbocycles. The predicted molar refractivity (Wildman–Crippen MR) is 124 cm³/mol. The van der Waals surface area contributed by atoms with Crippen LogP contribution in [0.1, 0.15) is 41.5 Å². The summed E-state index contributed by atoms with van der Waals surface area (Å²) >= 11 is 0. The van der Waals surface area contributed by atoms with Crippen LogP contribution in [0.4, 0.5) is 4.39 Å². The minimum Gasteiger partial charge on any atom is -0.467 e. The smallest absolute Gasteiger partial charge is 0.191 e. The molecule has 7 heteroatoms. The average Bonchev–Trinajstić information content (AvgIpc) is 2.82. The Hall–Kier alpha value is -2.64. The lowest BCUT2D eigenvalue weighted by Gasteiger charge is -2.26. The van der Waals surface area contributed by atoms with Gasteiger partial charge in [-0.2, -0.15) is 0 Å². The van der Waals surface area contributed by atoms with Crippen LogP contribution in [0, 0.1) is 5.82 Å². The second-order valence-corrected chi connectivity index (χ2v) is 8.42. The Labute approximate surface area is 189 Å². The lowest BCUT2D eigenvalue weighted by Crippen LogP contribution is -2.38. The van der Waals surface area contributed by atoms with E-state index in [0.717, 1.165) is 29.4 Å². The summed E-state index contributed by atoms with van der Waals surface area (Å²) in [6, 6.07) is 11.8. The molecule has 0 aromatic heterocycles. The second-order valence-electron chi connectivity index (χ2n) is 8.42. The molecule has 0 spiro atoms. The molecular formula is C25H33FN4O2. The van der Waals surface area contributed by atoms with Crippen LogP contribution in [0.15, 0.2) is 41.4 Å². The van der Waals surface area contributed by atoms with E-state index in [-0.39, 0.29) is 12.6 Å². The molecule has 0 amide bonds. The summed E-state index contributed by atoms with van der Waals surface area (Å²) in [5, 5.41) is 6.65. The molecule has 172 valence electrons. The van der Waals surface area contributed by atoms with Crippen LogP contribution < -0.4 is 15.4 Å². The highest BCUT2D eigenvalue weighted by atomic mass is 19.1. The highest BCUT2D eigenvalue weighted by Gasteiger charge is 2.17. The zero-order chi connectivity index (χ0) is 22.2. The number of hydrogen-bond acceptors (Lipinski definition) is 4. The predicted octanol–water partition coefficient (Wildman–Crippen LogP) is 3.59. The number of ether oxygens (including phenoxy) is 2. The van der Waals surface area contributed by atoms with Crippen molar-refractivity contribution in [2.24, 2.45) is 4.99 Å². The summed E-state index contributed by atoms with van der Waals surface area (Å²) < 4.78 is 24.7. The number of nitrogens with zero attached hydrogens (tertiary/aromatic N) is 2. The van der Waals surface area contributed by atoms with Gasteiger partial charge in [-0.1, -0.05) is 30.7 Å². The van der Waals surface area contributed by atoms with Gasteiger partial charge in [0.1, 0.15) is 11.6 Å². The summed E-state index contributed by atoms with van der Waals surface area (Å²) in [6.45, 7) is 5.37. The summed E-state index contributed by atoms with van der Waals surface area (Å²) in [5.41, 5.74) is 4.18. The standard InChI is InChI=1S/C25H33FN4O2/c1-27-25(28-10-9-21-13-23(26)14-22-17-31-18-32-24(21)22)29-15-19-5-7-20(8-6-19)16-30-11-3-2-4-12-30/h5-8,13-14H,2-4,9-12,15-18H2,1H3,(H2,27,28,29). The molecule has 2 aromatic rings. The van der Waals surface area contributed by atoms with E-state index >= 15 is 0 Å². The minimum absolute atomic E-state index is 0.207. The largest absolute Gasteiger partial charge is 0.467 e. The van der Waals surface area contributed by atoms with E-state index in [1.54, 1.807) is 7.05 Å². The Bertz CT molecular complexity index is 911. The third-order valence-corrected chi connectivity index (χ3v) is 6.00. The van der Waals surface area contributed by atoms with Crippen molar-refractivity contribution >= 4 is 5.96 Å². The van der Waals surface area contributed by atoms with E-state index in [1.165, 1.54) is 55.6 Å². The molecule has 0 radical (unpaired) electrons. The van der Waals surface area contributed by atoms with Gasteiger partial charge in [-0.25, -0.2) is 4.39 Å². The van der Waals surface area contributed by atoms with Crippen molar-refractivity contribution in [3.8, 4) is 5.75 Å². The van der Waals surface area contributed by atoms with Gasteiger partial charge in [0.25, 0.3) is 0 Å². The van der Waals surface area contributed by atoms with Crippen LogP contribution in [0.3, 0.4) is 0 Å². The Morgan fingerprint density at radius 3 is 2.62 bits per heavy atom. The number of aliphatic imine (C=N–C) groups is 1. The lowest BCUT2D eigenvalue weighted by atomic mass is 10.1. The van der Waals surface area contributed by atoms with Gasteiger partial charge in [0.15, 0.2) is 12.8 Å². The zero-order valence-corrected chi connectivity index (χ0v) is 18.8. The number of hydrogen-bond donors (Lipinski definition) is 2. The lowest BCUT2D eigenvalue weighted by molar-refractivity contribution is -0.0172. The van der Waals surface area contributed by atoms with Gasteiger partial charge in [-0.05, 0) is 61.2 Å². The number of piperidine rings is 1. The van der Waals surface area contributed by atoms with Crippen molar-refractivity contribution in [1.82, 2.24) is 15.5 Å². The average molecular weight is 441 g/mol. The highest BCUT2D eigenvalue weighted by molar-refractivity contribution is 5.79. The van der Waals surface area contributed by atoms with Crippen LogP contribution in [0.2, 0.25) is 0 Å². The Morgan fingerprint density at radius 2 is 1.84 bits per heavy atom. The summed E-state index contributed by atoms with van der Waals surface area (Å²) in [6.07, 6.45) is 4.63. The molecule has 0 aliphatic carbocycles. The number of fused-ring (bicyclic) bond motifs is 1. The fraction of sp³-hybridized carbons (Fsp3) is 0.480. The number of halogens is 1. The van der Waals surface area contributed by atoms with E-state index in [2.05, 4.69) is 44.8 Å². The van der Waals surface area contributed by atoms with Gasteiger partial charge in [-0.15, -0.1) is 0 Å². The molecule has 32 heavy (non-hydrogen) atoms. The summed E-state index contributed by atoms with van der Waals surface area (Å²) in [4.78, 5) is 6.83. The van der Waals surface area contributed by atoms with Crippen LogP contribution in [0.5, 0.6) is 5.75 Å². The Morgan fingerprint density at radius 1 is 1.06 bits per heavy atom. The van der Waals surface area contributed by atoms with Crippen LogP contribution in [0.25, 0.3) is 0 Å². The van der Waals surface area contributed by atoms with Crippen LogP contribution in [-0.2, 0) is 30.9 Å². The molecule has 0 bridgehead atoms. The first kappa shape index (κ1) is 22.6. The molecule has 2 N–H and O–H groups in total. The number of rotatable bonds is 7. The van der Waals surface area contributed by atoms with Gasteiger partial charge in [-0.3, -0.25) is 9.89 Å². The Kier molecular flexibility index (Phi) is 7.96. The molecule has 1 fully saturated rings. The fourth-order valence-corrected chi connectivity index (χ4v) is 4.30. The number of nitrogens with one attached hydrogen (secondary N) is 2. The van der Waals surface area contributed by atoms with Crippen molar-refractivity contribution in [1.29, 1.82) is 0 Å². The number of benzene rings is 2. The third kappa shape index (κ3) is 6.20.